The lowest BCUT2D eigenvalue weighted by molar-refractivity contribution is 0.224. The maximum atomic E-state index is 6.15. The molecule has 1 saturated carbocycles. The van der Waals surface area contributed by atoms with Crippen molar-refractivity contribution in [2.45, 2.75) is 111 Å². The summed E-state index contributed by atoms with van der Waals surface area (Å²) in [4.78, 5) is 0. The van der Waals surface area contributed by atoms with Crippen molar-refractivity contribution in [2.75, 3.05) is 6.54 Å². The number of nitrogens with two attached hydrogens (primary N) is 1. The zero-order valence-electron chi connectivity index (χ0n) is 16.5. The number of unbranched alkanes of at least 4 members (excludes halogenated alkanes) is 1. The Kier molecular flexibility index (Phi) is 12.1. The summed E-state index contributed by atoms with van der Waals surface area (Å²) in [6, 6.07) is 0. The van der Waals surface area contributed by atoms with Gasteiger partial charge in [0.05, 0.1) is 0 Å². The minimum Gasteiger partial charge on any atom is -0.330 e. The fraction of sp³-hybridized carbons (Fsp3) is 1.00. The Morgan fingerprint density at radius 2 is 1.48 bits per heavy atom. The Hall–Kier alpha value is -0.0400. The zero-order valence-corrected chi connectivity index (χ0v) is 16.5. The van der Waals surface area contributed by atoms with Crippen molar-refractivity contribution in [3.8, 4) is 0 Å². The molecule has 0 aromatic carbocycles. The molecule has 4 unspecified atom stereocenters. The fourth-order valence-electron chi connectivity index (χ4n) is 4.55. The molecule has 0 amide bonds. The Bertz CT molecular complexity index is 263. The molecule has 1 aliphatic rings. The third kappa shape index (κ3) is 9.13. The summed E-state index contributed by atoms with van der Waals surface area (Å²) in [5, 5.41) is 0. The minimum atomic E-state index is 0.784. The van der Waals surface area contributed by atoms with Crippen molar-refractivity contribution < 1.29 is 0 Å². The maximum absolute atomic E-state index is 6.15. The third-order valence-electron chi connectivity index (χ3n) is 6.57. The van der Waals surface area contributed by atoms with Crippen LogP contribution < -0.4 is 5.73 Å². The Morgan fingerprint density at radius 1 is 0.870 bits per heavy atom. The highest BCUT2D eigenvalue weighted by Gasteiger charge is 2.23. The molecule has 0 radical (unpaired) electrons. The molecule has 0 aromatic rings. The molecule has 4 atom stereocenters. The topological polar surface area (TPSA) is 26.0 Å². The van der Waals surface area contributed by atoms with Gasteiger partial charge in [0.15, 0.2) is 0 Å². The van der Waals surface area contributed by atoms with Crippen LogP contribution in [-0.2, 0) is 0 Å². The van der Waals surface area contributed by atoms with E-state index in [1.807, 2.05) is 0 Å². The summed E-state index contributed by atoms with van der Waals surface area (Å²) < 4.78 is 0. The van der Waals surface area contributed by atoms with Crippen molar-refractivity contribution in [3.63, 3.8) is 0 Å². The molecule has 1 fully saturated rings. The van der Waals surface area contributed by atoms with Crippen LogP contribution >= 0.6 is 0 Å². The molecule has 138 valence electrons. The van der Waals surface area contributed by atoms with Gasteiger partial charge in [0.2, 0.25) is 0 Å². The van der Waals surface area contributed by atoms with E-state index >= 15 is 0 Å². The van der Waals surface area contributed by atoms with E-state index in [1.54, 1.807) is 0 Å². The van der Waals surface area contributed by atoms with Crippen LogP contribution in [0.15, 0.2) is 0 Å². The first-order chi connectivity index (χ1) is 11.2. The summed E-state index contributed by atoms with van der Waals surface area (Å²) in [5.41, 5.74) is 6.15. The molecule has 0 aromatic heterocycles. The standard InChI is InChI=1S/C22H45N/c1-4-19(3)13-11-12-14-20(18-23)17-22-16-10-8-6-7-9-15-21(22)5-2/h19-22H,4-18,23H2,1-3H3. The molecule has 1 heteroatoms. The predicted octanol–water partition coefficient (Wildman–Crippen LogP) is 6.94. The van der Waals surface area contributed by atoms with E-state index in [-0.39, 0.29) is 0 Å². The summed E-state index contributed by atoms with van der Waals surface area (Å²) in [5.74, 6) is 3.63. The van der Waals surface area contributed by atoms with Gasteiger partial charge in [-0.05, 0) is 43.1 Å². The van der Waals surface area contributed by atoms with Gasteiger partial charge in [-0.1, -0.05) is 97.8 Å². The van der Waals surface area contributed by atoms with Crippen LogP contribution in [-0.4, -0.2) is 6.54 Å². The first-order valence-electron chi connectivity index (χ1n) is 10.9. The number of hydrogen-bond acceptors (Lipinski definition) is 1. The highest BCUT2D eigenvalue weighted by Crippen LogP contribution is 2.34. The van der Waals surface area contributed by atoms with E-state index in [9.17, 15) is 0 Å². The quantitative estimate of drug-likeness (QED) is 0.433. The zero-order chi connectivity index (χ0) is 16.9. The number of hydrogen-bond donors (Lipinski definition) is 1. The van der Waals surface area contributed by atoms with Crippen LogP contribution in [0.5, 0.6) is 0 Å². The van der Waals surface area contributed by atoms with Crippen LogP contribution in [0.2, 0.25) is 0 Å². The lowest BCUT2D eigenvalue weighted by Gasteiger charge is -2.29. The Labute approximate surface area is 147 Å². The average Bonchev–Trinajstić information content (AvgIpc) is 2.68. The van der Waals surface area contributed by atoms with Gasteiger partial charge in [-0.15, -0.1) is 0 Å². The predicted molar refractivity (Wildman–Crippen MR) is 105 cm³/mol. The second-order valence-electron chi connectivity index (χ2n) is 8.41. The van der Waals surface area contributed by atoms with Crippen LogP contribution in [0.25, 0.3) is 0 Å². The molecule has 0 bridgehead atoms. The van der Waals surface area contributed by atoms with Gasteiger partial charge < -0.3 is 5.73 Å². The van der Waals surface area contributed by atoms with Crippen molar-refractivity contribution in [1.82, 2.24) is 0 Å². The van der Waals surface area contributed by atoms with Crippen LogP contribution in [0.4, 0.5) is 0 Å². The molecule has 0 heterocycles. The van der Waals surface area contributed by atoms with Crippen LogP contribution in [0.3, 0.4) is 0 Å². The molecular weight excluding hydrogens is 278 g/mol. The molecular formula is C22H45N. The normalized spacial score (nSPS) is 26.1. The largest absolute Gasteiger partial charge is 0.330 e. The summed E-state index contributed by atoms with van der Waals surface area (Å²) in [6.45, 7) is 8.04. The van der Waals surface area contributed by atoms with Gasteiger partial charge in [-0.2, -0.15) is 0 Å². The highest BCUT2D eigenvalue weighted by atomic mass is 14.5. The Balaban J connectivity index is 2.39. The summed E-state index contributed by atoms with van der Waals surface area (Å²) in [6.07, 6.45) is 20.0. The number of rotatable bonds is 10. The van der Waals surface area contributed by atoms with E-state index in [0.717, 1.165) is 30.2 Å². The molecule has 0 aliphatic heterocycles. The third-order valence-corrected chi connectivity index (χ3v) is 6.57. The van der Waals surface area contributed by atoms with E-state index in [1.165, 1.54) is 89.9 Å². The summed E-state index contributed by atoms with van der Waals surface area (Å²) >= 11 is 0. The Morgan fingerprint density at radius 3 is 2.09 bits per heavy atom. The van der Waals surface area contributed by atoms with Gasteiger partial charge in [-0.3, -0.25) is 0 Å². The van der Waals surface area contributed by atoms with E-state index < -0.39 is 0 Å². The van der Waals surface area contributed by atoms with Crippen LogP contribution in [0.1, 0.15) is 111 Å². The molecule has 1 aliphatic carbocycles. The monoisotopic (exact) mass is 323 g/mol. The van der Waals surface area contributed by atoms with Crippen molar-refractivity contribution >= 4 is 0 Å². The molecule has 1 rings (SSSR count). The van der Waals surface area contributed by atoms with Gasteiger partial charge in [0, 0.05) is 0 Å². The second kappa shape index (κ2) is 13.3. The van der Waals surface area contributed by atoms with Crippen LogP contribution in [0, 0.1) is 23.7 Å². The minimum absolute atomic E-state index is 0.784. The van der Waals surface area contributed by atoms with E-state index in [0.29, 0.717) is 0 Å². The van der Waals surface area contributed by atoms with Gasteiger partial charge >= 0.3 is 0 Å². The van der Waals surface area contributed by atoms with Crippen molar-refractivity contribution in [1.29, 1.82) is 0 Å². The average molecular weight is 324 g/mol. The fourth-order valence-corrected chi connectivity index (χ4v) is 4.55. The summed E-state index contributed by atoms with van der Waals surface area (Å²) in [7, 11) is 0. The van der Waals surface area contributed by atoms with Crippen molar-refractivity contribution in [2.24, 2.45) is 29.4 Å². The SMILES string of the molecule is CCC(C)CCCCC(CN)CC1CCCCCCCC1CC. The smallest absolute Gasteiger partial charge is 0.00488 e. The second-order valence-corrected chi connectivity index (χ2v) is 8.41. The molecule has 23 heavy (non-hydrogen) atoms. The highest BCUT2D eigenvalue weighted by molar-refractivity contribution is 4.75. The molecule has 0 spiro atoms. The molecule has 2 N–H and O–H groups in total. The first kappa shape index (κ1) is 21.0. The molecule has 1 nitrogen and oxygen atoms in total. The lowest BCUT2D eigenvalue weighted by Crippen LogP contribution is -2.23. The van der Waals surface area contributed by atoms with E-state index in [4.69, 9.17) is 5.73 Å². The molecule has 0 saturated heterocycles. The van der Waals surface area contributed by atoms with Gasteiger partial charge in [0.25, 0.3) is 0 Å². The van der Waals surface area contributed by atoms with E-state index in [2.05, 4.69) is 20.8 Å². The first-order valence-corrected chi connectivity index (χ1v) is 10.9. The van der Waals surface area contributed by atoms with Crippen molar-refractivity contribution in [3.05, 3.63) is 0 Å². The van der Waals surface area contributed by atoms with Gasteiger partial charge in [-0.25, -0.2) is 0 Å². The maximum Gasteiger partial charge on any atom is -0.00488 e. The lowest BCUT2D eigenvalue weighted by atomic mass is 9.77. The van der Waals surface area contributed by atoms with Gasteiger partial charge in [0.1, 0.15) is 0 Å².